The van der Waals surface area contributed by atoms with E-state index in [1.165, 1.54) is 20.9 Å². The van der Waals surface area contributed by atoms with Crippen LogP contribution in [0.15, 0.2) is 42.5 Å². The molecule has 0 spiro atoms. The Morgan fingerprint density at radius 2 is 1.65 bits per heavy atom. The Bertz CT molecular complexity index is 529. The molecule has 0 N–H and O–H groups in total. The molecule has 0 saturated carbocycles. The maximum atomic E-state index is 3.20. The summed E-state index contributed by atoms with van der Waals surface area (Å²) in [6, 6.07) is 15.1. The standard InChI is InChI=1S/C15H17NSe/c1-3-16(4-2)15(17)14-10-9-12-7-5-6-8-13(12)11-14/h5-11H,3-4H2,1-2H3. The average Bonchev–Trinajstić information content (AvgIpc) is 2.39. The molecule has 0 aliphatic rings. The molecule has 0 aromatic heterocycles. The van der Waals surface area contributed by atoms with Crippen LogP contribution >= 0.6 is 0 Å². The first kappa shape index (κ1) is 12.3. The number of nitrogens with zero attached hydrogens (tertiary/aromatic N) is 1. The van der Waals surface area contributed by atoms with Crippen molar-refractivity contribution in [2.75, 3.05) is 13.1 Å². The maximum absolute atomic E-state index is 3.20. The fourth-order valence-corrected chi connectivity index (χ4v) is 2.82. The Hall–Kier alpha value is -1.11. The van der Waals surface area contributed by atoms with Gasteiger partial charge in [0.05, 0.1) is 0 Å². The zero-order valence-corrected chi connectivity index (χ0v) is 12.0. The molecule has 2 rings (SSSR count). The quantitative estimate of drug-likeness (QED) is 0.783. The van der Waals surface area contributed by atoms with Gasteiger partial charge in [0.25, 0.3) is 0 Å². The van der Waals surface area contributed by atoms with Crippen LogP contribution in [-0.2, 0) is 0 Å². The number of hydrogen-bond donors (Lipinski definition) is 0. The van der Waals surface area contributed by atoms with Crippen LogP contribution in [0.4, 0.5) is 0 Å². The van der Waals surface area contributed by atoms with E-state index < -0.39 is 0 Å². The van der Waals surface area contributed by atoms with Crippen molar-refractivity contribution in [2.45, 2.75) is 13.8 Å². The first-order chi connectivity index (χ1) is 8.26. The Labute approximate surface area is 111 Å². The molecule has 0 amide bonds. The van der Waals surface area contributed by atoms with Crippen molar-refractivity contribution in [1.29, 1.82) is 0 Å². The van der Waals surface area contributed by atoms with E-state index in [0.717, 1.165) is 13.1 Å². The van der Waals surface area contributed by atoms with E-state index in [1.54, 1.807) is 0 Å². The van der Waals surface area contributed by atoms with E-state index in [9.17, 15) is 0 Å². The van der Waals surface area contributed by atoms with E-state index in [2.05, 4.69) is 76.8 Å². The van der Waals surface area contributed by atoms with Crippen LogP contribution in [-0.4, -0.2) is 38.1 Å². The van der Waals surface area contributed by atoms with E-state index >= 15 is 0 Å². The summed E-state index contributed by atoms with van der Waals surface area (Å²) in [6.45, 7) is 6.43. The molecule has 1 nitrogen and oxygen atoms in total. The number of hydrogen-bond acceptors (Lipinski definition) is 1. The third-order valence-electron chi connectivity index (χ3n) is 3.05. The molecule has 0 bridgehead atoms. The van der Waals surface area contributed by atoms with E-state index in [4.69, 9.17) is 0 Å². The van der Waals surface area contributed by atoms with Crippen LogP contribution in [0.3, 0.4) is 0 Å². The van der Waals surface area contributed by atoms with E-state index in [0.29, 0.717) is 0 Å². The Kier molecular flexibility index (Phi) is 3.98. The van der Waals surface area contributed by atoms with Crippen molar-refractivity contribution >= 4 is 30.9 Å². The fourth-order valence-electron chi connectivity index (χ4n) is 2.02. The number of fused-ring (bicyclic) bond motifs is 1. The topological polar surface area (TPSA) is 3.24 Å². The molecule has 0 unspecified atom stereocenters. The zero-order chi connectivity index (χ0) is 12.3. The summed E-state index contributed by atoms with van der Waals surface area (Å²) in [7, 11) is 0. The second-order valence-corrected chi connectivity index (χ2v) is 4.85. The molecular formula is C15H17NSe. The van der Waals surface area contributed by atoms with Gasteiger partial charge < -0.3 is 0 Å². The van der Waals surface area contributed by atoms with Gasteiger partial charge in [-0.15, -0.1) is 0 Å². The van der Waals surface area contributed by atoms with Crippen LogP contribution in [0.5, 0.6) is 0 Å². The molecule has 0 atom stereocenters. The summed E-state index contributed by atoms with van der Waals surface area (Å²) in [5, 5.41) is 2.59. The predicted molar refractivity (Wildman–Crippen MR) is 76.7 cm³/mol. The molecule has 2 heteroatoms. The molecule has 0 heterocycles. The van der Waals surface area contributed by atoms with Crippen LogP contribution in [0.2, 0.25) is 0 Å². The Morgan fingerprint density at radius 1 is 1.00 bits per heavy atom. The van der Waals surface area contributed by atoms with Gasteiger partial charge in [-0.1, -0.05) is 0 Å². The van der Waals surface area contributed by atoms with Gasteiger partial charge in [0, 0.05) is 0 Å². The van der Waals surface area contributed by atoms with Gasteiger partial charge in [-0.25, -0.2) is 0 Å². The summed E-state index contributed by atoms with van der Waals surface area (Å²) in [4.78, 5) is 2.34. The summed E-state index contributed by atoms with van der Waals surface area (Å²) >= 11 is 3.20. The molecule has 0 radical (unpaired) electrons. The van der Waals surface area contributed by atoms with Crippen molar-refractivity contribution in [2.24, 2.45) is 0 Å². The van der Waals surface area contributed by atoms with Gasteiger partial charge in [-0.05, 0) is 0 Å². The summed E-state index contributed by atoms with van der Waals surface area (Å²) in [6.07, 6.45) is 0. The van der Waals surface area contributed by atoms with Gasteiger partial charge in [0.2, 0.25) is 0 Å². The van der Waals surface area contributed by atoms with Gasteiger partial charge in [0.15, 0.2) is 0 Å². The summed E-state index contributed by atoms with van der Waals surface area (Å²) in [5.74, 6) is 0. The minimum absolute atomic E-state index is 1.03. The molecule has 88 valence electrons. The van der Waals surface area contributed by atoms with E-state index in [1.807, 2.05) is 0 Å². The summed E-state index contributed by atoms with van der Waals surface area (Å²) < 4.78 is 1.24. The summed E-state index contributed by atoms with van der Waals surface area (Å²) in [5.41, 5.74) is 1.27. The van der Waals surface area contributed by atoms with Crippen LogP contribution in [0.25, 0.3) is 10.8 Å². The van der Waals surface area contributed by atoms with Gasteiger partial charge in [0.1, 0.15) is 0 Å². The molecule has 0 saturated heterocycles. The molecule has 17 heavy (non-hydrogen) atoms. The van der Waals surface area contributed by atoms with Crippen LogP contribution < -0.4 is 0 Å². The molecule has 0 fully saturated rings. The molecule has 0 aliphatic carbocycles. The monoisotopic (exact) mass is 291 g/mol. The van der Waals surface area contributed by atoms with Gasteiger partial charge in [-0.2, -0.15) is 0 Å². The fraction of sp³-hybridized carbons (Fsp3) is 0.267. The first-order valence-corrected chi connectivity index (χ1v) is 6.90. The Balaban J connectivity index is 2.39. The minimum atomic E-state index is 1.03. The van der Waals surface area contributed by atoms with Gasteiger partial charge >= 0.3 is 111 Å². The molecule has 2 aromatic rings. The molecule has 0 aliphatic heterocycles. The zero-order valence-electron chi connectivity index (χ0n) is 10.3. The van der Waals surface area contributed by atoms with Crippen molar-refractivity contribution in [1.82, 2.24) is 4.90 Å². The van der Waals surface area contributed by atoms with Crippen molar-refractivity contribution < 1.29 is 0 Å². The van der Waals surface area contributed by atoms with E-state index in [-0.39, 0.29) is 0 Å². The van der Waals surface area contributed by atoms with Crippen molar-refractivity contribution in [3.05, 3.63) is 48.0 Å². The number of benzene rings is 2. The normalized spacial score (nSPS) is 10.5. The SMILES string of the molecule is CCN(CC)C(=[Se])c1ccc2ccccc2c1. The second-order valence-electron chi connectivity index (χ2n) is 4.04. The third-order valence-corrected chi connectivity index (χ3v) is 4.08. The third kappa shape index (κ3) is 2.59. The van der Waals surface area contributed by atoms with Crippen molar-refractivity contribution in [3.63, 3.8) is 0 Å². The average molecular weight is 290 g/mol. The van der Waals surface area contributed by atoms with Crippen LogP contribution in [0, 0.1) is 0 Å². The second kappa shape index (κ2) is 5.48. The van der Waals surface area contributed by atoms with Crippen LogP contribution in [0.1, 0.15) is 19.4 Å². The Morgan fingerprint density at radius 3 is 2.29 bits per heavy atom. The predicted octanol–water partition coefficient (Wildman–Crippen LogP) is 2.83. The van der Waals surface area contributed by atoms with Gasteiger partial charge in [-0.3, -0.25) is 0 Å². The molecule has 2 aromatic carbocycles. The first-order valence-electron chi connectivity index (χ1n) is 6.04. The number of rotatable bonds is 4. The molecular weight excluding hydrogens is 273 g/mol. The van der Waals surface area contributed by atoms with Crippen molar-refractivity contribution in [3.8, 4) is 0 Å².